The fourth-order valence-corrected chi connectivity index (χ4v) is 1.55. The fourth-order valence-electron chi connectivity index (χ4n) is 1.55. The van der Waals surface area contributed by atoms with E-state index in [1.54, 1.807) is 25.4 Å². The first-order chi connectivity index (χ1) is 8.29. The van der Waals surface area contributed by atoms with Gasteiger partial charge in [0, 0.05) is 24.2 Å². The van der Waals surface area contributed by atoms with Crippen molar-refractivity contribution in [3.05, 3.63) is 59.8 Å². The van der Waals surface area contributed by atoms with E-state index in [1.807, 2.05) is 30.3 Å². The van der Waals surface area contributed by atoms with Gasteiger partial charge in [-0.2, -0.15) is 0 Å². The molecular formula is C14H13NO2. The first-order valence-electron chi connectivity index (χ1n) is 5.37. The number of aromatic nitrogens is 1. The number of carbonyl (C=O) groups excluding carboxylic acids is 1. The number of benzene rings is 1. The second kappa shape index (κ2) is 5.25. The van der Waals surface area contributed by atoms with Crippen LogP contribution in [0, 0.1) is 0 Å². The minimum absolute atomic E-state index is 0.0614. The number of methoxy groups -OCH3 is 1. The SMILES string of the molecule is COc1ccc(C(=O)Cc2ccccc2)cn1. The monoisotopic (exact) mass is 227 g/mol. The molecule has 86 valence electrons. The fraction of sp³-hybridized carbons (Fsp3) is 0.143. The molecule has 0 aliphatic carbocycles. The summed E-state index contributed by atoms with van der Waals surface area (Å²) in [6.07, 6.45) is 1.94. The van der Waals surface area contributed by atoms with Crippen molar-refractivity contribution in [3.63, 3.8) is 0 Å². The summed E-state index contributed by atoms with van der Waals surface area (Å²) in [5.74, 6) is 0.576. The predicted molar refractivity (Wildman–Crippen MR) is 65.3 cm³/mol. The number of carbonyl (C=O) groups is 1. The molecule has 2 aromatic rings. The number of ether oxygens (including phenoxy) is 1. The summed E-state index contributed by atoms with van der Waals surface area (Å²) >= 11 is 0. The zero-order valence-corrected chi connectivity index (χ0v) is 9.59. The molecule has 0 aliphatic rings. The van der Waals surface area contributed by atoms with E-state index >= 15 is 0 Å². The van der Waals surface area contributed by atoms with Gasteiger partial charge in [-0.3, -0.25) is 4.79 Å². The van der Waals surface area contributed by atoms with Gasteiger partial charge in [0.1, 0.15) is 0 Å². The molecule has 3 nitrogen and oxygen atoms in total. The topological polar surface area (TPSA) is 39.2 Å². The van der Waals surface area contributed by atoms with Gasteiger partial charge < -0.3 is 4.74 Å². The summed E-state index contributed by atoms with van der Waals surface area (Å²) in [6.45, 7) is 0. The summed E-state index contributed by atoms with van der Waals surface area (Å²) in [4.78, 5) is 15.9. The number of hydrogen-bond acceptors (Lipinski definition) is 3. The Kier molecular flexibility index (Phi) is 3.50. The third-order valence-corrected chi connectivity index (χ3v) is 2.47. The summed E-state index contributed by atoms with van der Waals surface area (Å²) in [5.41, 5.74) is 1.61. The van der Waals surface area contributed by atoms with Gasteiger partial charge in [-0.25, -0.2) is 4.98 Å². The molecule has 0 unspecified atom stereocenters. The molecule has 0 fully saturated rings. The maximum atomic E-state index is 11.9. The van der Waals surface area contributed by atoms with Gasteiger partial charge in [-0.1, -0.05) is 30.3 Å². The molecule has 1 heterocycles. The lowest BCUT2D eigenvalue weighted by molar-refractivity contribution is 0.0992. The van der Waals surface area contributed by atoms with E-state index in [9.17, 15) is 4.79 Å². The Bertz CT molecular complexity index is 491. The van der Waals surface area contributed by atoms with Crippen LogP contribution in [0.25, 0.3) is 0 Å². The molecule has 0 N–H and O–H groups in total. The zero-order chi connectivity index (χ0) is 12.1. The van der Waals surface area contributed by atoms with Crippen LogP contribution in [0.1, 0.15) is 15.9 Å². The molecule has 1 aromatic heterocycles. The first-order valence-corrected chi connectivity index (χ1v) is 5.37. The third kappa shape index (κ3) is 2.91. The summed E-state index contributed by atoms with van der Waals surface area (Å²) in [5, 5.41) is 0. The lowest BCUT2D eigenvalue weighted by atomic mass is 10.0. The van der Waals surface area contributed by atoms with Crippen molar-refractivity contribution in [3.8, 4) is 5.88 Å². The highest BCUT2D eigenvalue weighted by Crippen LogP contribution is 2.10. The van der Waals surface area contributed by atoms with E-state index in [0.717, 1.165) is 5.56 Å². The van der Waals surface area contributed by atoms with E-state index in [1.165, 1.54) is 0 Å². The second-order valence-corrected chi connectivity index (χ2v) is 3.67. The molecule has 17 heavy (non-hydrogen) atoms. The molecule has 0 radical (unpaired) electrons. The molecule has 2 rings (SSSR count). The van der Waals surface area contributed by atoms with Crippen LogP contribution in [0.3, 0.4) is 0 Å². The number of nitrogens with zero attached hydrogens (tertiary/aromatic N) is 1. The van der Waals surface area contributed by atoms with Crippen molar-refractivity contribution < 1.29 is 9.53 Å². The molecular weight excluding hydrogens is 214 g/mol. The molecule has 1 aromatic carbocycles. The minimum atomic E-state index is 0.0614. The van der Waals surface area contributed by atoms with Crippen LogP contribution in [-0.2, 0) is 6.42 Å². The number of ketones is 1. The summed E-state index contributed by atoms with van der Waals surface area (Å²) in [6, 6.07) is 13.1. The van der Waals surface area contributed by atoms with Crippen LogP contribution in [0.15, 0.2) is 48.7 Å². The average molecular weight is 227 g/mol. The number of pyridine rings is 1. The van der Waals surface area contributed by atoms with Gasteiger partial charge in [0.2, 0.25) is 5.88 Å². The normalized spacial score (nSPS) is 9.94. The molecule has 0 aliphatic heterocycles. The summed E-state index contributed by atoms with van der Waals surface area (Å²) < 4.78 is 4.94. The number of rotatable bonds is 4. The highest BCUT2D eigenvalue weighted by Gasteiger charge is 2.07. The molecule has 0 bridgehead atoms. The maximum absolute atomic E-state index is 11.9. The Morgan fingerprint density at radius 2 is 1.94 bits per heavy atom. The molecule has 0 spiro atoms. The van der Waals surface area contributed by atoms with E-state index in [4.69, 9.17) is 4.74 Å². The Labute approximate surface area is 100 Å². The van der Waals surface area contributed by atoms with Crippen LogP contribution in [0.4, 0.5) is 0 Å². The highest BCUT2D eigenvalue weighted by atomic mass is 16.5. The van der Waals surface area contributed by atoms with Crippen molar-refractivity contribution in [2.45, 2.75) is 6.42 Å². The Balaban J connectivity index is 2.09. The van der Waals surface area contributed by atoms with E-state index < -0.39 is 0 Å². The molecule has 0 amide bonds. The number of Topliss-reactive ketones (excluding diaryl/α,β-unsaturated/α-hetero) is 1. The van der Waals surface area contributed by atoms with Crippen LogP contribution in [0.2, 0.25) is 0 Å². The van der Waals surface area contributed by atoms with Gasteiger partial charge >= 0.3 is 0 Å². The van der Waals surface area contributed by atoms with Gasteiger partial charge in [0.05, 0.1) is 7.11 Å². The average Bonchev–Trinajstić information content (AvgIpc) is 2.40. The predicted octanol–water partition coefficient (Wildman–Crippen LogP) is 2.52. The van der Waals surface area contributed by atoms with Crippen molar-refractivity contribution >= 4 is 5.78 Å². The first kappa shape index (κ1) is 11.3. The standard InChI is InChI=1S/C14H13NO2/c1-17-14-8-7-12(10-15-14)13(16)9-11-5-3-2-4-6-11/h2-8,10H,9H2,1H3. The smallest absolute Gasteiger partial charge is 0.212 e. The van der Waals surface area contributed by atoms with Gasteiger partial charge in [-0.15, -0.1) is 0 Å². The van der Waals surface area contributed by atoms with E-state index in [-0.39, 0.29) is 5.78 Å². The van der Waals surface area contributed by atoms with Gasteiger partial charge in [0.25, 0.3) is 0 Å². The third-order valence-electron chi connectivity index (χ3n) is 2.47. The van der Waals surface area contributed by atoms with Crippen molar-refractivity contribution in [1.29, 1.82) is 0 Å². The second-order valence-electron chi connectivity index (χ2n) is 3.67. The molecule has 0 atom stereocenters. The van der Waals surface area contributed by atoms with Crippen molar-refractivity contribution in [2.75, 3.05) is 7.11 Å². The Hall–Kier alpha value is -2.16. The summed E-state index contributed by atoms with van der Waals surface area (Å²) in [7, 11) is 1.55. The Morgan fingerprint density at radius 1 is 1.18 bits per heavy atom. The largest absolute Gasteiger partial charge is 0.481 e. The van der Waals surface area contributed by atoms with Crippen LogP contribution in [0.5, 0.6) is 5.88 Å². The molecule has 3 heteroatoms. The lowest BCUT2D eigenvalue weighted by Gasteiger charge is -2.02. The maximum Gasteiger partial charge on any atom is 0.212 e. The van der Waals surface area contributed by atoms with Crippen molar-refractivity contribution in [2.24, 2.45) is 0 Å². The highest BCUT2D eigenvalue weighted by molar-refractivity contribution is 5.97. The van der Waals surface area contributed by atoms with Crippen LogP contribution >= 0.6 is 0 Å². The van der Waals surface area contributed by atoms with Crippen LogP contribution in [-0.4, -0.2) is 17.9 Å². The van der Waals surface area contributed by atoms with Gasteiger partial charge in [0.15, 0.2) is 5.78 Å². The van der Waals surface area contributed by atoms with Crippen molar-refractivity contribution in [1.82, 2.24) is 4.98 Å². The van der Waals surface area contributed by atoms with E-state index in [2.05, 4.69) is 4.98 Å². The molecule has 0 saturated heterocycles. The zero-order valence-electron chi connectivity index (χ0n) is 9.59. The van der Waals surface area contributed by atoms with E-state index in [0.29, 0.717) is 17.9 Å². The quantitative estimate of drug-likeness (QED) is 0.753. The van der Waals surface area contributed by atoms with Crippen LogP contribution < -0.4 is 4.74 Å². The molecule has 0 saturated carbocycles. The number of hydrogen-bond donors (Lipinski definition) is 0. The Morgan fingerprint density at radius 3 is 2.53 bits per heavy atom. The minimum Gasteiger partial charge on any atom is -0.481 e. The van der Waals surface area contributed by atoms with Gasteiger partial charge in [-0.05, 0) is 11.6 Å². The lowest BCUT2D eigenvalue weighted by Crippen LogP contribution is -2.04.